The smallest absolute Gasteiger partial charge is 0.257 e. The van der Waals surface area contributed by atoms with Gasteiger partial charge in [0.15, 0.2) is 0 Å². The van der Waals surface area contributed by atoms with Crippen LogP contribution >= 0.6 is 0 Å². The van der Waals surface area contributed by atoms with E-state index in [-0.39, 0.29) is 17.2 Å². The molecule has 0 aliphatic heterocycles. The Morgan fingerprint density at radius 2 is 1.77 bits per heavy atom. The van der Waals surface area contributed by atoms with Gasteiger partial charge in [0.2, 0.25) is 5.43 Å². The van der Waals surface area contributed by atoms with Crippen LogP contribution in [0.15, 0.2) is 41.5 Å². The third-order valence-electron chi connectivity index (χ3n) is 5.92. The monoisotopic (exact) mass is 421 g/mol. The van der Waals surface area contributed by atoms with E-state index in [1.165, 1.54) is 13.5 Å². The number of carbonyl (C=O) groups excluding carboxylic acids is 2. The largest absolute Gasteiger partial charge is 0.355 e. The Morgan fingerprint density at radius 3 is 2.45 bits per heavy atom. The Kier molecular flexibility index (Phi) is 5.88. The second-order valence-corrected chi connectivity index (χ2v) is 8.07. The Morgan fingerprint density at radius 1 is 1.10 bits per heavy atom. The topological polar surface area (TPSA) is 109 Å². The van der Waals surface area contributed by atoms with Crippen LogP contribution in [0.1, 0.15) is 77.7 Å². The summed E-state index contributed by atoms with van der Waals surface area (Å²) in [7, 11) is 1.48. The van der Waals surface area contributed by atoms with Gasteiger partial charge in [-0.15, -0.1) is 0 Å². The van der Waals surface area contributed by atoms with Gasteiger partial charge in [0, 0.05) is 25.5 Å². The number of hydrogen-bond donors (Lipinski definition) is 3. The Hall–Kier alpha value is -3.42. The van der Waals surface area contributed by atoms with Crippen LogP contribution in [0, 0.1) is 0 Å². The first-order chi connectivity index (χ1) is 15.0. The maximum absolute atomic E-state index is 13.1. The Balaban J connectivity index is 1.65. The van der Waals surface area contributed by atoms with Gasteiger partial charge in [-0.2, -0.15) is 0 Å². The third kappa shape index (κ3) is 4.23. The van der Waals surface area contributed by atoms with Gasteiger partial charge in [-0.1, -0.05) is 31.4 Å². The van der Waals surface area contributed by atoms with Gasteiger partial charge in [0.05, 0.1) is 17.1 Å². The van der Waals surface area contributed by atoms with Crippen molar-refractivity contribution in [2.45, 2.75) is 51.1 Å². The highest BCUT2D eigenvalue weighted by atomic mass is 16.2. The molecule has 1 aromatic carbocycles. The molecule has 1 aliphatic carbocycles. The predicted molar refractivity (Wildman–Crippen MR) is 118 cm³/mol. The number of amides is 2. The molecule has 8 nitrogen and oxygen atoms in total. The van der Waals surface area contributed by atoms with E-state index in [4.69, 9.17) is 0 Å². The lowest BCUT2D eigenvalue weighted by atomic mass is 9.95. The van der Waals surface area contributed by atoms with Crippen LogP contribution in [0.2, 0.25) is 0 Å². The predicted octanol–water partition coefficient (Wildman–Crippen LogP) is 3.08. The molecule has 2 heterocycles. The normalized spacial score (nSPS) is 15.5. The first kappa shape index (κ1) is 20.8. The van der Waals surface area contributed by atoms with Crippen LogP contribution in [-0.4, -0.2) is 33.4 Å². The molecule has 0 spiro atoms. The minimum absolute atomic E-state index is 0.0166. The highest BCUT2D eigenvalue weighted by Crippen LogP contribution is 2.28. The zero-order chi connectivity index (χ0) is 22.0. The molecule has 3 N–H and O–H groups in total. The fourth-order valence-electron chi connectivity index (χ4n) is 4.17. The quantitative estimate of drug-likeness (QED) is 0.588. The molecule has 2 amide bonds. The van der Waals surface area contributed by atoms with Crippen LogP contribution < -0.4 is 16.1 Å². The van der Waals surface area contributed by atoms with Gasteiger partial charge >= 0.3 is 0 Å². The molecule has 8 heteroatoms. The van der Waals surface area contributed by atoms with Crippen molar-refractivity contribution in [2.75, 3.05) is 7.05 Å². The number of nitrogens with one attached hydrogen (secondary N) is 3. The summed E-state index contributed by atoms with van der Waals surface area (Å²) in [5, 5.41) is 5.35. The van der Waals surface area contributed by atoms with Gasteiger partial charge in [-0.25, -0.2) is 4.98 Å². The van der Waals surface area contributed by atoms with E-state index >= 15 is 0 Å². The number of benzene rings is 1. The number of para-hydroxylation sites is 2. The molecule has 3 aromatic rings. The lowest BCUT2D eigenvalue weighted by Gasteiger charge is -2.25. The minimum atomic E-state index is -0.569. The molecule has 0 unspecified atom stereocenters. The number of hydrogen-bond acceptors (Lipinski definition) is 4. The van der Waals surface area contributed by atoms with Gasteiger partial charge in [0.1, 0.15) is 17.0 Å². The van der Waals surface area contributed by atoms with Crippen molar-refractivity contribution in [2.24, 2.45) is 0 Å². The molecule has 1 atom stereocenters. The summed E-state index contributed by atoms with van der Waals surface area (Å²) >= 11 is 0. The van der Waals surface area contributed by atoms with E-state index in [9.17, 15) is 14.4 Å². The van der Waals surface area contributed by atoms with Crippen molar-refractivity contribution < 1.29 is 9.59 Å². The van der Waals surface area contributed by atoms with Crippen LogP contribution in [0.4, 0.5) is 0 Å². The maximum atomic E-state index is 13.1. The lowest BCUT2D eigenvalue weighted by molar-refractivity contribution is 0.0936. The molecule has 4 rings (SSSR count). The van der Waals surface area contributed by atoms with Crippen LogP contribution in [0.3, 0.4) is 0 Å². The van der Waals surface area contributed by atoms with Gasteiger partial charge in [-0.3, -0.25) is 14.4 Å². The fourth-order valence-corrected chi connectivity index (χ4v) is 4.17. The zero-order valence-electron chi connectivity index (χ0n) is 17.8. The number of aromatic amines is 1. The standard InChI is InChI=1S/C23H27N5O3/c1-14(21-26-18-10-6-7-11-19(18)27-21)25-23(31)17-13-28(15-8-4-3-5-9-15)12-16(20(17)29)22(30)24-2/h6-7,10-15H,3-5,8-9H2,1-2H3,(H,24,30)(H,25,31)(H,26,27)/t14-/m0/s1. The maximum Gasteiger partial charge on any atom is 0.257 e. The minimum Gasteiger partial charge on any atom is -0.355 e. The number of fused-ring (bicyclic) bond motifs is 1. The molecule has 0 radical (unpaired) electrons. The van der Waals surface area contributed by atoms with Gasteiger partial charge in [-0.05, 0) is 31.9 Å². The average Bonchev–Trinajstić information content (AvgIpc) is 3.24. The van der Waals surface area contributed by atoms with Gasteiger partial charge in [0.25, 0.3) is 11.8 Å². The van der Waals surface area contributed by atoms with Crippen molar-refractivity contribution >= 4 is 22.8 Å². The average molecular weight is 422 g/mol. The summed E-state index contributed by atoms with van der Waals surface area (Å²) in [6.07, 6.45) is 8.47. The van der Waals surface area contributed by atoms with E-state index in [1.807, 2.05) is 28.8 Å². The SMILES string of the molecule is CNC(=O)c1cn(C2CCCCC2)cc(C(=O)N[C@@H](C)c2nc3ccccc3[nH]2)c1=O. The number of nitrogens with zero attached hydrogens (tertiary/aromatic N) is 2. The number of pyridine rings is 1. The van der Waals surface area contributed by atoms with Crippen molar-refractivity contribution in [3.8, 4) is 0 Å². The third-order valence-corrected chi connectivity index (χ3v) is 5.92. The second kappa shape index (κ2) is 8.75. The summed E-state index contributed by atoms with van der Waals surface area (Å²) in [6.45, 7) is 1.80. The summed E-state index contributed by atoms with van der Waals surface area (Å²) in [6, 6.07) is 7.35. The number of rotatable bonds is 5. The highest BCUT2D eigenvalue weighted by molar-refractivity contribution is 5.99. The van der Waals surface area contributed by atoms with Crippen molar-refractivity contribution in [3.63, 3.8) is 0 Å². The van der Waals surface area contributed by atoms with Crippen LogP contribution in [-0.2, 0) is 0 Å². The molecule has 0 bridgehead atoms. The number of H-pyrrole nitrogens is 1. The molecule has 1 fully saturated rings. The molecular weight excluding hydrogens is 394 g/mol. The Bertz CT molecular complexity index is 1140. The van der Waals surface area contributed by atoms with Crippen molar-refractivity contribution in [3.05, 3.63) is 63.8 Å². The van der Waals surface area contributed by atoms with E-state index in [1.54, 1.807) is 19.3 Å². The summed E-state index contributed by atoms with van der Waals surface area (Å²) in [5.41, 5.74) is 1.06. The number of aromatic nitrogens is 3. The fraction of sp³-hybridized carbons (Fsp3) is 0.391. The first-order valence-electron chi connectivity index (χ1n) is 10.7. The molecule has 1 aliphatic rings. The molecule has 31 heavy (non-hydrogen) atoms. The summed E-state index contributed by atoms with van der Waals surface area (Å²) < 4.78 is 1.87. The molecule has 2 aromatic heterocycles. The Labute approximate surface area is 180 Å². The molecule has 0 saturated heterocycles. The van der Waals surface area contributed by atoms with Crippen LogP contribution in [0.25, 0.3) is 11.0 Å². The number of imidazole rings is 1. The van der Waals surface area contributed by atoms with Gasteiger partial charge < -0.3 is 20.2 Å². The second-order valence-electron chi connectivity index (χ2n) is 8.07. The van der Waals surface area contributed by atoms with E-state index in [0.29, 0.717) is 5.82 Å². The molecule has 162 valence electrons. The highest BCUT2D eigenvalue weighted by Gasteiger charge is 2.24. The molecular formula is C23H27N5O3. The van der Waals surface area contributed by atoms with Crippen LogP contribution in [0.5, 0.6) is 0 Å². The van der Waals surface area contributed by atoms with E-state index in [2.05, 4.69) is 20.6 Å². The zero-order valence-corrected chi connectivity index (χ0v) is 17.8. The first-order valence-corrected chi connectivity index (χ1v) is 10.7. The summed E-state index contributed by atoms with van der Waals surface area (Å²) in [5.74, 6) is -0.410. The molecule has 1 saturated carbocycles. The lowest BCUT2D eigenvalue weighted by Crippen LogP contribution is -2.36. The van der Waals surface area contributed by atoms with E-state index < -0.39 is 23.3 Å². The summed E-state index contributed by atoms with van der Waals surface area (Å²) in [4.78, 5) is 46.0. The number of carbonyl (C=O) groups is 2. The van der Waals surface area contributed by atoms with Crippen molar-refractivity contribution in [1.82, 2.24) is 25.2 Å². The van der Waals surface area contributed by atoms with Crippen molar-refractivity contribution in [1.29, 1.82) is 0 Å². The van der Waals surface area contributed by atoms with E-state index in [0.717, 1.165) is 36.7 Å².